The summed E-state index contributed by atoms with van der Waals surface area (Å²) in [6, 6.07) is 1.91. The van der Waals surface area contributed by atoms with Gasteiger partial charge in [-0.1, -0.05) is 20.8 Å². The van der Waals surface area contributed by atoms with Crippen molar-refractivity contribution in [2.75, 3.05) is 43.4 Å². The first-order valence-electron chi connectivity index (χ1n) is 8.04. The lowest BCUT2D eigenvalue weighted by Gasteiger charge is -2.36. The fourth-order valence-electron chi connectivity index (χ4n) is 2.78. The summed E-state index contributed by atoms with van der Waals surface area (Å²) in [5.41, 5.74) is 5.90. The van der Waals surface area contributed by atoms with E-state index in [4.69, 9.17) is 10.7 Å². The smallest absolute Gasteiger partial charge is 0.138 e. The van der Waals surface area contributed by atoms with E-state index in [9.17, 15) is 0 Å². The van der Waals surface area contributed by atoms with Crippen molar-refractivity contribution in [2.45, 2.75) is 39.0 Å². The number of aromatic nitrogens is 2. The van der Waals surface area contributed by atoms with E-state index >= 15 is 0 Å². The van der Waals surface area contributed by atoms with E-state index in [0.717, 1.165) is 43.7 Å². The molecule has 1 aliphatic heterocycles. The largest absolute Gasteiger partial charge is 0.384 e. The summed E-state index contributed by atoms with van der Waals surface area (Å²) in [5, 5.41) is 0. The van der Waals surface area contributed by atoms with Gasteiger partial charge >= 0.3 is 0 Å². The number of rotatable bonds is 3. The van der Waals surface area contributed by atoms with Crippen LogP contribution in [-0.4, -0.2) is 47.6 Å². The van der Waals surface area contributed by atoms with Crippen LogP contribution < -0.4 is 10.6 Å². The SMILES string of the molecule is CC(C)(C)c1nc(N)cc(N2CCN(CC3CC3)CC2)n1. The highest BCUT2D eigenvalue weighted by molar-refractivity contribution is 5.48. The lowest BCUT2D eigenvalue weighted by atomic mass is 9.96. The van der Waals surface area contributed by atoms with Crippen LogP contribution in [0.4, 0.5) is 11.6 Å². The molecular formula is C16H27N5. The average Bonchev–Trinajstić information content (AvgIpc) is 3.22. The van der Waals surface area contributed by atoms with E-state index in [1.807, 2.05) is 6.07 Å². The molecule has 0 unspecified atom stereocenters. The Morgan fingerprint density at radius 2 is 1.81 bits per heavy atom. The molecule has 0 radical (unpaired) electrons. The molecule has 1 aromatic heterocycles. The molecule has 5 nitrogen and oxygen atoms in total. The fourth-order valence-corrected chi connectivity index (χ4v) is 2.78. The first-order chi connectivity index (χ1) is 9.91. The summed E-state index contributed by atoms with van der Waals surface area (Å²) in [6.07, 6.45) is 2.86. The van der Waals surface area contributed by atoms with E-state index in [1.54, 1.807) is 0 Å². The summed E-state index contributed by atoms with van der Waals surface area (Å²) in [5.74, 6) is 3.36. The lowest BCUT2D eigenvalue weighted by molar-refractivity contribution is 0.247. The maximum absolute atomic E-state index is 5.98. The fraction of sp³-hybridized carbons (Fsp3) is 0.750. The van der Waals surface area contributed by atoms with Crippen molar-refractivity contribution >= 4 is 11.6 Å². The van der Waals surface area contributed by atoms with E-state index in [2.05, 4.69) is 35.6 Å². The molecular weight excluding hydrogens is 262 g/mol. The summed E-state index contributed by atoms with van der Waals surface area (Å²) < 4.78 is 0. The van der Waals surface area contributed by atoms with E-state index in [0.29, 0.717) is 5.82 Å². The highest BCUT2D eigenvalue weighted by Crippen LogP contribution is 2.30. The Hall–Kier alpha value is -1.36. The predicted octanol–water partition coefficient (Wildman–Crippen LogP) is 1.89. The number of piperazine rings is 1. The molecule has 21 heavy (non-hydrogen) atoms. The van der Waals surface area contributed by atoms with Gasteiger partial charge in [-0.05, 0) is 18.8 Å². The second kappa shape index (κ2) is 5.44. The van der Waals surface area contributed by atoms with Gasteiger partial charge in [-0.2, -0.15) is 0 Å². The first kappa shape index (κ1) is 14.6. The summed E-state index contributed by atoms with van der Waals surface area (Å²) in [6.45, 7) is 12.0. The second-order valence-electron chi connectivity index (χ2n) is 7.46. The number of hydrogen-bond donors (Lipinski definition) is 1. The van der Waals surface area contributed by atoms with Gasteiger partial charge in [0.2, 0.25) is 0 Å². The molecule has 1 saturated heterocycles. The standard InChI is InChI=1S/C16H27N5/c1-16(2,3)15-18-13(17)10-14(19-15)21-8-6-20(7-9-21)11-12-4-5-12/h10,12H,4-9,11H2,1-3H3,(H2,17,18,19). The van der Waals surface area contributed by atoms with Crippen molar-refractivity contribution in [2.24, 2.45) is 5.92 Å². The molecule has 2 N–H and O–H groups in total. The van der Waals surface area contributed by atoms with Gasteiger partial charge in [-0.25, -0.2) is 9.97 Å². The van der Waals surface area contributed by atoms with Gasteiger partial charge in [-0.3, -0.25) is 4.90 Å². The first-order valence-corrected chi connectivity index (χ1v) is 8.04. The highest BCUT2D eigenvalue weighted by atomic mass is 15.3. The molecule has 0 atom stereocenters. The lowest BCUT2D eigenvalue weighted by Crippen LogP contribution is -2.47. The molecule has 2 aliphatic rings. The van der Waals surface area contributed by atoms with Gasteiger partial charge < -0.3 is 10.6 Å². The Labute approximate surface area is 127 Å². The van der Waals surface area contributed by atoms with E-state index in [-0.39, 0.29) is 5.41 Å². The van der Waals surface area contributed by atoms with Crippen LogP contribution in [0.5, 0.6) is 0 Å². The number of nitrogen functional groups attached to an aromatic ring is 1. The molecule has 3 rings (SSSR count). The van der Waals surface area contributed by atoms with Crippen LogP contribution in [0.1, 0.15) is 39.4 Å². The van der Waals surface area contributed by atoms with Crippen molar-refractivity contribution in [3.63, 3.8) is 0 Å². The van der Waals surface area contributed by atoms with Crippen LogP contribution >= 0.6 is 0 Å². The Morgan fingerprint density at radius 1 is 1.14 bits per heavy atom. The molecule has 1 saturated carbocycles. The monoisotopic (exact) mass is 289 g/mol. The highest BCUT2D eigenvalue weighted by Gasteiger charge is 2.27. The molecule has 2 fully saturated rings. The molecule has 1 aliphatic carbocycles. The van der Waals surface area contributed by atoms with Gasteiger partial charge in [0.1, 0.15) is 17.5 Å². The van der Waals surface area contributed by atoms with Gasteiger partial charge in [0.05, 0.1) is 0 Å². The van der Waals surface area contributed by atoms with Crippen LogP contribution in [0.3, 0.4) is 0 Å². The molecule has 116 valence electrons. The third-order valence-electron chi connectivity index (χ3n) is 4.31. The van der Waals surface area contributed by atoms with Crippen molar-refractivity contribution in [3.8, 4) is 0 Å². The molecule has 2 heterocycles. The van der Waals surface area contributed by atoms with Crippen molar-refractivity contribution in [1.82, 2.24) is 14.9 Å². The maximum atomic E-state index is 5.98. The van der Waals surface area contributed by atoms with Gasteiger partial charge in [0.25, 0.3) is 0 Å². The summed E-state index contributed by atoms with van der Waals surface area (Å²) >= 11 is 0. The van der Waals surface area contributed by atoms with E-state index < -0.39 is 0 Å². The molecule has 1 aromatic rings. The Kier molecular flexibility index (Phi) is 3.78. The summed E-state index contributed by atoms with van der Waals surface area (Å²) in [7, 11) is 0. The zero-order valence-corrected chi connectivity index (χ0v) is 13.5. The minimum absolute atomic E-state index is 0.0715. The van der Waals surface area contributed by atoms with Crippen LogP contribution in [-0.2, 0) is 5.41 Å². The summed E-state index contributed by atoms with van der Waals surface area (Å²) in [4.78, 5) is 14.1. The predicted molar refractivity (Wildman–Crippen MR) is 86.5 cm³/mol. The molecule has 0 spiro atoms. The van der Waals surface area contributed by atoms with Crippen LogP contribution in [0.2, 0.25) is 0 Å². The minimum Gasteiger partial charge on any atom is -0.384 e. The minimum atomic E-state index is -0.0715. The number of nitrogens with two attached hydrogens (primary N) is 1. The van der Waals surface area contributed by atoms with Crippen LogP contribution in [0, 0.1) is 5.92 Å². The van der Waals surface area contributed by atoms with Crippen LogP contribution in [0.15, 0.2) is 6.07 Å². The quantitative estimate of drug-likeness (QED) is 0.921. The number of nitrogens with zero attached hydrogens (tertiary/aromatic N) is 4. The Bertz CT molecular complexity index is 496. The average molecular weight is 289 g/mol. The Balaban J connectivity index is 1.68. The molecule has 0 aromatic carbocycles. The van der Waals surface area contributed by atoms with E-state index in [1.165, 1.54) is 19.4 Å². The Morgan fingerprint density at radius 3 is 2.38 bits per heavy atom. The zero-order chi connectivity index (χ0) is 15.0. The molecule has 0 bridgehead atoms. The van der Waals surface area contributed by atoms with Crippen LogP contribution in [0.25, 0.3) is 0 Å². The molecule has 5 heteroatoms. The third-order valence-corrected chi connectivity index (χ3v) is 4.31. The number of hydrogen-bond acceptors (Lipinski definition) is 5. The molecule has 0 amide bonds. The van der Waals surface area contributed by atoms with Crippen molar-refractivity contribution < 1.29 is 0 Å². The van der Waals surface area contributed by atoms with Crippen molar-refractivity contribution in [1.29, 1.82) is 0 Å². The topological polar surface area (TPSA) is 58.3 Å². The normalized spacial score (nSPS) is 20.8. The van der Waals surface area contributed by atoms with Crippen molar-refractivity contribution in [3.05, 3.63) is 11.9 Å². The third kappa shape index (κ3) is 3.64. The zero-order valence-electron chi connectivity index (χ0n) is 13.5. The van der Waals surface area contributed by atoms with Gasteiger partial charge in [0.15, 0.2) is 0 Å². The van der Waals surface area contributed by atoms with Gasteiger partial charge in [-0.15, -0.1) is 0 Å². The second-order valence-corrected chi connectivity index (χ2v) is 7.46. The maximum Gasteiger partial charge on any atom is 0.138 e. The van der Waals surface area contributed by atoms with Gasteiger partial charge in [0, 0.05) is 44.2 Å². The number of anilines is 2.